The highest BCUT2D eigenvalue weighted by Crippen LogP contribution is 2.31. The number of aromatic carboxylic acids is 1. The summed E-state index contributed by atoms with van der Waals surface area (Å²) in [5, 5.41) is 22.7. The van der Waals surface area contributed by atoms with E-state index >= 15 is 0 Å². The standard InChI is InChI=1S/C31H34N2O9.C10H11NO/c1-31(2,3)42-30(39)32-17-21-15-22(12-14-24(21)28(35)36)33(18-20-11-13-23(40-4)16-25(20)41-5)26(29(37)38)27(34)19-9-7-6-8-10-19;11-10(12)9-5-4-7-2-1-3-8(7)6-9/h6-16,26H,17-18H2,1-5H3,(H,32,39)(H,35,36)(H,37,38);4-6H,1-3H2,(H2,11,12)/t26-;/m0./s1. The molecule has 284 valence electrons. The molecular weight excluding hydrogens is 694 g/mol. The number of amides is 2. The van der Waals surface area contributed by atoms with Gasteiger partial charge in [-0.25, -0.2) is 14.4 Å². The Hall–Kier alpha value is -6.37. The molecule has 2 amide bonds. The predicted molar refractivity (Wildman–Crippen MR) is 201 cm³/mol. The van der Waals surface area contributed by atoms with Gasteiger partial charge in [0.25, 0.3) is 0 Å². The summed E-state index contributed by atoms with van der Waals surface area (Å²) in [6.45, 7) is 4.74. The van der Waals surface area contributed by atoms with Crippen LogP contribution in [0.3, 0.4) is 0 Å². The fourth-order valence-electron chi connectivity index (χ4n) is 5.97. The zero-order valence-electron chi connectivity index (χ0n) is 30.9. The number of aliphatic carboxylic acids is 1. The molecular formula is C41H45N3O10. The number of hydrogen-bond acceptors (Lipinski definition) is 9. The van der Waals surface area contributed by atoms with Crippen molar-refractivity contribution in [1.29, 1.82) is 0 Å². The minimum Gasteiger partial charge on any atom is -0.497 e. The third kappa shape index (κ3) is 10.6. The number of alkyl carbamates (subject to hydrolysis) is 1. The monoisotopic (exact) mass is 739 g/mol. The topological polar surface area (TPSA) is 195 Å². The lowest BCUT2D eigenvalue weighted by Gasteiger charge is -2.31. The first-order valence-electron chi connectivity index (χ1n) is 17.2. The second kappa shape index (κ2) is 17.9. The Morgan fingerprint density at radius 3 is 2.13 bits per heavy atom. The highest BCUT2D eigenvalue weighted by molar-refractivity contribution is 6.14. The number of rotatable bonds is 13. The van der Waals surface area contributed by atoms with Crippen molar-refractivity contribution in [3.63, 3.8) is 0 Å². The van der Waals surface area contributed by atoms with Crippen LogP contribution in [0.5, 0.6) is 11.5 Å². The van der Waals surface area contributed by atoms with E-state index in [1.54, 1.807) is 57.2 Å². The number of carbonyl (C=O) groups excluding carboxylic acids is 3. The quantitative estimate of drug-likeness (QED) is 0.0922. The van der Waals surface area contributed by atoms with Crippen LogP contribution in [0.1, 0.15) is 80.5 Å². The Bertz CT molecular complexity index is 2010. The van der Waals surface area contributed by atoms with Crippen molar-refractivity contribution in [2.45, 2.75) is 64.8 Å². The maximum absolute atomic E-state index is 13.6. The second-order valence-corrected chi connectivity index (χ2v) is 13.5. The van der Waals surface area contributed by atoms with Crippen molar-refractivity contribution in [3.8, 4) is 11.5 Å². The Morgan fingerprint density at radius 1 is 0.815 bits per heavy atom. The second-order valence-electron chi connectivity index (χ2n) is 13.5. The summed E-state index contributed by atoms with van der Waals surface area (Å²) in [7, 11) is 2.95. The lowest BCUT2D eigenvalue weighted by Crippen LogP contribution is -2.47. The molecule has 0 saturated heterocycles. The van der Waals surface area contributed by atoms with Gasteiger partial charge < -0.3 is 40.4 Å². The van der Waals surface area contributed by atoms with Crippen LogP contribution in [0, 0.1) is 0 Å². The third-order valence-corrected chi connectivity index (χ3v) is 8.54. The van der Waals surface area contributed by atoms with Gasteiger partial charge in [-0.2, -0.15) is 0 Å². The van der Waals surface area contributed by atoms with Crippen LogP contribution in [0.15, 0.2) is 84.9 Å². The molecule has 4 aromatic carbocycles. The van der Waals surface area contributed by atoms with E-state index in [0.29, 0.717) is 22.6 Å². The SMILES string of the molecule is COc1ccc(CN(c2ccc(C(=O)O)c(CNC(=O)OC(C)(C)C)c2)[C@H](C(=O)O)C(=O)c2ccccc2)c(OC)c1.NC(=O)c1ccc2c(c1)CCC2. The van der Waals surface area contributed by atoms with Gasteiger partial charge in [0.1, 0.15) is 17.1 Å². The summed E-state index contributed by atoms with van der Waals surface area (Å²) in [5.74, 6) is -2.76. The van der Waals surface area contributed by atoms with Crippen LogP contribution in [-0.2, 0) is 35.5 Å². The van der Waals surface area contributed by atoms with Crippen LogP contribution in [-0.4, -0.2) is 65.8 Å². The van der Waals surface area contributed by atoms with E-state index in [1.807, 2.05) is 18.2 Å². The lowest BCUT2D eigenvalue weighted by molar-refractivity contribution is -0.137. The molecule has 5 rings (SSSR count). The van der Waals surface area contributed by atoms with Crippen LogP contribution in [0.2, 0.25) is 0 Å². The molecule has 0 saturated carbocycles. The molecule has 0 bridgehead atoms. The maximum Gasteiger partial charge on any atom is 0.407 e. The van der Waals surface area contributed by atoms with Gasteiger partial charge in [-0.3, -0.25) is 9.59 Å². The van der Waals surface area contributed by atoms with Gasteiger partial charge in [0.15, 0.2) is 11.8 Å². The molecule has 13 nitrogen and oxygen atoms in total. The molecule has 0 aliphatic heterocycles. The molecule has 1 aliphatic rings. The number of ketones is 1. The molecule has 0 unspecified atom stereocenters. The number of aryl methyl sites for hydroxylation is 2. The average Bonchev–Trinajstić information content (AvgIpc) is 3.61. The Morgan fingerprint density at radius 2 is 1.52 bits per heavy atom. The number of Topliss-reactive ketones (excluding diaryl/α,β-unsaturated/α-hetero) is 1. The van der Waals surface area contributed by atoms with Crippen molar-refractivity contribution < 1.29 is 48.4 Å². The van der Waals surface area contributed by atoms with Crippen LogP contribution < -0.4 is 25.4 Å². The predicted octanol–water partition coefficient (Wildman–Crippen LogP) is 6.04. The summed E-state index contributed by atoms with van der Waals surface area (Å²) in [6, 6.07) is 21.2. The van der Waals surface area contributed by atoms with Crippen LogP contribution >= 0.6 is 0 Å². The van der Waals surface area contributed by atoms with Crippen molar-refractivity contribution in [1.82, 2.24) is 5.32 Å². The van der Waals surface area contributed by atoms with Crippen LogP contribution in [0.4, 0.5) is 10.5 Å². The number of ether oxygens (including phenoxy) is 3. The largest absolute Gasteiger partial charge is 0.497 e. The normalized spacial score (nSPS) is 12.2. The van der Waals surface area contributed by atoms with Gasteiger partial charge in [-0.15, -0.1) is 0 Å². The Labute approximate surface area is 313 Å². The van der Waals surface area contributed by atoms with Crippen molar-refractivity contribution in [2.75, 3.05) is 19.1 Å². The number of carboxylic acids is 2. The number of methoxy groups -OCH3 is 2. The fraction of sp³-hybridized carbons (Fsp3) is 0.293. The van der Waals surface area contributed by atoms with Crippen molar-refractivity contribution >= 4 is 35.4 Å². The molecule has 0 heterocycles. The molecule has 1 atom stereocenters. The first-order chi connectivity index (χ1) is 25.6. The third-order valence-electron chi connectivity index (χ3n) is 8.54. The summed E-state index contributed by atoms with van der Waals surface area (Å²) in [6.07, 6.45) is 2.69. The first-order valence-corrected chi connectivity index (χ1v) is 17.2. The number of carboxylic acid groups (broad SMARTS) is 2. The highest BCUT2D eigenvalue weighted by Gasteiger charge is 2.35. The fourth-order valence-corrected chi connectivity index (χ4v) is 5.97. The number of benzene rings is 4. The zero-order chi connectivity index (χ0) is 39.6. The first kappa shape index (κ1) is 40.4. The highest BCUT2D eigenvalue weighted by atomic mass is 16.6. The molecule has 4 aromatic rings. The smallest absolute Gasteiger partial charge is 0.407 e. The minimum atomic E-state index is -1.69. The van der Waals surface area contributed by atoms with E-state index in [0.717, 1.165) is 12.8 Å². The van der Waals surface area contributed by atoms with Gasteiger partial charge in [0, 0.05) is 41.5 Å². The van der Waals surface area contributed by atoms with E-state index < -0.39 is 35.5 Å². The van der Waals surface area contributed by atoms with Gasteiger partial charge in [0.05, 0.1) is 19.8 Å². The van der Waals surface area contributed by atoms with E-state index in [4.69, 9.17) is 19.9 Å². The molecule has 0 radical (unpaired) electrons. The number of anilines is 1. The number of fused-ring (bicyclic) bond motifs is 1. The summed E-state index contributed by atoms with van der Waals surface area (Å²) >= 11 is 0. The van der Waals surface area contributed by atoms with Gasteiger partial charge >= 0.3 is 18.0 Å². The average molecular weight is 740 g/mol. The van der Waals surface area contributed by atoms with Gasteiger partial charge in [-0.05, 0) is 99.2 Å². The molecule has 54 heavy (non-hydrogen) atoms. The van der Waals surface area contributed by atoms with Gasteiger partial charge in [-0.1, -0.05) is 36.4 Å². The maximum atomic E-state index is 13.6. The Kier molecular flexibility index (Phi) is 13.4. The molecule has 0 aromatic heterocycles. The number of primary amides is 1. The summed E-state index contributed by atoms with van der Waals surface area (Å²) < 4.78 is 16.0. The van der Waals surface area contributed by atoms with Crippen molar-refractivity contribution in [2.24, 2.45) is 5.73 Å². The van der Waals surface area contributed by atoms with Crippen LogP contribution in [0.25, 0.3) is 0 Å². The van der Waals surface area contributed by atoms with E-state index in [1.165, 1.54) is 67.0 Å². The van der Waals surface area contributed by atoms with E-state index in [-0.39, 0.29) is 41.4 Å². The summed E-state index contributed by atoms with van der Waals surface area (Å²) in [5.41, 5.74) is 8.72. The zero-order valence-corrected chi connectivity index (χ0v) is 30.9. The minimum absolute atomic E-state index is 0.103. The lowest BCUT2D eigenvalue weighted by atomic mass is 9.99. The van der Waals surface area contributed by atoms with E-state index in [2.05, 4.69) is 5.32 Å². The Balaban J connectivity index is 0.000000453. The number of carbonyl (C=O) groups is 5. The molecule has 13 heteroatoms. The van der Waals surface area contributed by atoms with E-state index in [9.17, 15) is 34.2 Å². The molecule has 1 aliphatic carbocycles. The number of nitrogens with zero attached hydrogens (tertiary/aromatic N) is 1. The summed E-state index contributed by atoms with van der Waals surface area (Å²) in [4.78, 5) is 62.8. The number of hydrogen-bond donors (Lipinski definition) is 4. The molecule has 0 fully saturated rings. The number of nitrogens with one attached hydrogen (secondary N) is 1. The van der Waals surface area contributed by atoms with Crippen molar-refractivity contribution in [3.05, 3.63) is 124 Å². The number of nitrogens with two attached hydrogens (primary N) is 1. The molecule has 0 spiro atoms. The molecule has 5 N–H and O–H groups in total. The van der Waals surface area contributed by atoms with Gasteiger partial charge in [0.2, 0.25) is 5.91 Å².